The van der Waals surface area contributed by atoms with Crippen LogP contribution in [0.3, 0.4) is 0 Å². The van der Waals surface area contributed by atoms with Crippen molar-refractivity contribution in [1.29, 1.82) is 0 Å². The summed E-state index contributed by atoms with van der Waals surface area (Å²) in [6.07, 6.45) is 3.37. The maximum Gasteiger partial charge on any atom is 0.324 e. The minimum atomic E-state index is -0.391. The number of hydrogen-bond acceptors (Lipinski definition) is 5. The Bertz CT molecular complexity index is 1020. The Balaban J connectivity index is 1.23. The van der Waals surface area contributed by atoms with Gasteiger partial charge >= 0.3 is 12.1 Å². The largest absolute Gasteiger partial charge is 0.467 e. The first kappa shape index (κ1) is 20.5. The van der Waals surface area contributed by atoms with Gasteiger partial charge in [-0.25, -0.2) is 9.59 Å². The Morgan fingerprint density at radius 2 is 2.10 bits per heavy atom. The number of nitrogens with one attached hydrogen (secondary N) is 3. The summed E-state index contributed by atoms with van der Waals surface area (Å²) in [5.74, 6) is 1.19. The second kappa shape index (κ2) is 9.81. The Labute approximate surface area is 179 Å². The maximum absolute atomic E-state index is 12.3. The predicted molar refractivity (Wildman–Crippen MR) is 113 cm³/mol. The van der Waals surface area contributed by atoms with Crippen molar-refractivity contribution >= 4 is 23.6 Å². The maximum atomic E-state index is 12.3. The lowest BCUT2D eigenvalue weighted by atomic mass is 10.2. The van der Waals surface area contributed by atoms with Crippen molar-refractivity contribution in [2.75, 3.05) is 30.3 Å². The third-order valence-corrected chi connectivity index (χ3v) is 4.70. The summed E-state index contributed by atoms with van der Waals surface area (Å²) in [7, 11) is 0. The first-order valence-corrected chi connectivity index (χ1v) is 9.99. The molecule has 0 saturated carbocycles. The number of anilines is 2. The van der Waals surface area contributed by atoms with E-state index in [9.17, 15) is 9.59 Å². The number of ether oxygens (including phenoxy) is 1. The normalized spacial score (nSPS) is 13.3. The van der Waals surface area contributed by atoms with Crippen LogP contribution in [0.15, 0.2) is 59.3 Å². The molecule has 1 aliphatic rings. The van der Waals surface area contributed by atoms with E-state index in [4.69, 9.17) is 9.15 Å². The van der Waals surface area contributed by atoms with Gasteiger partial charge in [-0.2, -0.15) is 5.10 Å². The van der Waals surface area contributed by atoms with Gasteiger partial charge in [0.2, 0.25) is 0 Å². The molecule has 2 aromatic heterocycles. The fraction of sp³-hybridized carbons (Fsp3) is 0.286. The summed E-state index contributed by atoms with van der Waals surface area (Å²) in [5.41, 5.74) is 1.58. The number of furan rings is 1. The first-order valence-electron chi connectivity index (χ1n) is 9.99. The number of hydrogen-bond donors (Lipinski definition) is 3. The van der Waals surface area contributed by atoms with E-state index in [1.807, 2.05) is 30.3 Å². The van der Waals surface area contributed by atoms with Crippen LogP contribution in [0.25, 0.3) is 0 Å². The standard InChI is InChI=1S/C21H24N6O4/c28-20(24-19-6-8-27(25-19)11-10-26-9-7-22-21(26)29)23-17-4-1-3-16(13-17)14-30-15-18-5-2-12-31-18/h1-6,8,12-13H,7,9-11,14-15H2,(H,22,29)(H2,23,24,25,28). The zero-order valence-corrected chi connectivity index (χ0v) is 16.9. The fourth-order valence-corrected chi connectivity index (χ4v) is 3.18. The summed E-state index contributed by atoms with van der Waals surface area (Å²) in [6, 6.07) is 12.4. The van der Waals surface area contributed by atoms with E-state index in [2.05, 4.69) is 21.0 Å². The monoisotopic (exact) mass is 424 g/mol. The van der Waals surface area contributed by atoms with Gasteiger partial charge in [-0.3, -0.25) is 10.00 Å². The second-order valence-corrected chi connectivity index (χ2v) is 7.03. The number of rotatable bonds is 9. The van der Waals surface area contributed by atoms with E-state index in [-0.39, 0.29) is 6.03 Å². The average molecular weight is 424 g/mol. The number of carbonyl (C=O) groups excluding carboxylic acids is 2. The Morgan fingerprint density at radius 3 is 2.90 bits per heavy atom. The molecule has 1 aromatic carbocycles. The van der Waals surface area contributed by atoms with Gasteiger partial charge < -0.3 is 24.7 Å². The van der Waals surface area contributed by atoms with Gasteiger partial charge in [0.25, 0.3) is 0 Å². The highest BCUT2D eigenvalue weighted by Crippen LogP contribution is 2.14. The lowest BCUT2D eigenvalue weighted by molar-refractivity contribution is 0.0930. The number of aromatic nitrogens is 2. The minimum Gasteiger partial charge on any atom is -0.467 e. The highest BCUT2D eigenvalue weighted by Gasteiger charge is 2.18. The molecule has 0 spiro atoms. The molecule has 1 aliphatic heterocycles. The molecular formula is C21H24N6O4. The molecule has 3 aromatic rings. The van der Waals surface area contributed by atoms with Crippen LogP contribution in [0.4, 0.5) is 21.1 Å². The van der Waals surface area contributed by atoms with E-state index in [1.54, 1.807) is 34.2 Å². The van der Waals surface area contributed by atoms with E-state index in [0.29, 0.717) is 50.9 Å². The molecule has 4 amide bonds. The van der Waals surface area contributed by atoms with Crippen LogP contribution >= 0.6 is 0 Å². The van der Waals surface area contributed by atoms with Crippen molar-refractivity contribution < 1.29 is 18.7 Å². The summed E-state index contributed by atoms with van der Waals surface area (Å²) in [6.45, 7) is 3.26. The molecule has 0 atom stereocenters. The lowest BCUT2D eigenvalue weighted by Gasteiger charge is -2.13. The molecule has 10 heteroatoms. The highest BCUT2D eigenvalue weighted by molar-refractivity contribution is 5.99. The minimum absolute atomic E-state index is 0.0570. The average Bonchev–Trinajstić information content (AvgIpc) is 3.50. The number of carbonyl (C=O) groups is 2. The summed E-state index contributed by atoms with van der Waals surface area (Å²) >= 11 is 0. The lowest BCUT2D eigenvalue weighted by Crippen LogP contribution is -2.31. The smallest absolute Gasteiger partial charge is 0.324 e. The van der Waals surface area contributed by atoms with Crippen LogP contribution < -0.4 is 16.0 Å². The molecule has 3 heterocycles. The SMILES string of the molecule is O=C(Nc1cccc(COCc2ccco2)c1)Nc1ccn(CCN2CCNC2=O)n1. The zero-order chi connectivity index (χ0) is 21.5. The van der Waals surface area contributed by atoms with Crippen molar-refractivity contribution in [3.05, 3.63) is 66.2 Å². The molecule has 0 unspecified atom stereocenters. The van der Waals surface area contributed by atoms with Crippen molar-refractivity contribution in [3.8, 4) is 0 Å². The van der Waals surface area contributed by atoms with Gasteiger partial charge in [0.1, 0.15) is 12.4 Å². The topological polar surface area (TPSA) is 114 Å². The third kappa shape index (κ3) is 5.86. The molecule has 0 aliphatic carbocycles. The molecule has 1 fully saturated rings. The molecule has 31 heavy (non-hydrogen) atoms. The van der Waals surface area contributed by atoms with Crippen molar-refractivity contribution in [1.82, 2.24) is 20.0 Å². The summed E-state index contributed by atoms with van der Waals surface area (Å²) in [5, 5.41) is 12.6. The molecule has 162 valence electrons. The molecule has 4 rings (SSSR count). The molecule has 10 nitrogen and oxygen atoms in total. The van der Waals surface area contributed by atoms with Gasteiger partial charge in [-0.05, 0) is 29.8 Å². The van der Waals surface area contributed by atoms with Crippen LogP contribution in [0, 0.1) is 0 Å². The van der Waals surface area contributed by atoms with E-state index >= 15 is 0 Å². The molecule has 0 bridgehead atoms. The van der Waals surface area contributed by atoms with Gasteiger partial charge in [-0.15, -0.1) is 0 Å². The third-order valence-electron chi connectivity index (χ3n) is 4.70. The molecular weight excluding hydrogens is 400 g/mol. The number of nitrogens with zero attached hydrogens (tertiary/aromatic N) is 3. The molecule has 1 saturated heterocycles. The quantitative estimate of drug-likeness (QED) is 0.489. The van der Waals surface area contributed by atoms with Gasteiger partial charge in [0.15, 0.2) is 5.82 Å². The van der Waals surface area contributed by atoms with Crippen molar-refractivity contribution in [2.45, 2.75) is 19.8 Å². The Kier molecular flexibility index (Phi) is 6.48. The summed E-state index contributed by atoms with van der Waals surface area (Å²) in [4.78, 5) is 25.6. The fourth-order valence-electron chi connectivity index (χ4n) is 3.18. The van der Waals surface area contributed by atoms with Crippen LogP contribution in [0.2, 0.25) is 0 Å². The van der Waals surface area contributed by atoms with Gasteiger partial charge in [0, 0.05) is 37.6 Å². The Hall–Kier alpha value is -3.79. The molecule has 3 N–H and O–H groups in total. The van der Waals surface area contributed by atoms with Gasteiger partial charge in [-0.1, -0.05) is 12.1 Å². The zero-order valence-electron chi connectivity index (χ0n) is 16.9. The highest BCUT2D eigenvalue weighted by atomic mass is 16.5. The van der Waals surface area contributed by atoms with E-state index < -0.39 is 6.03 Å². The Morgan fingerprint density at radius 1 is 1.16 bits per heavy atom. The van der Waals surface area contributed by atoms with Crippen LogP contribution in [0.5, 0.6) is 0 Å². The van der Waals surface area contributed by atoms with Crippen LogP contribution in [0.1, 0.15) is 11.3 Å². The van der Waals surface area contributed by atoms with Crippen LogP contribution in [-0.2, 0) is 24.5 Å². The van der Waals surface area contributed by atoms with Crippen LogP contribution in [-0.4, -0.2) is 46.4 Å². The predicted octanol–water partition coefficient (Wildman–Crippen LogP) is 2.86. The summed E-state index contributed by atoms with van der Waals surface area (Å²) < 4.78 is 12.6. The number of amides is 4. The number of urea groups is 2. The first-order chi connectivity index (χ1) is 15.2. The van der Waals surface area contributed by atoms with E-state index in [0.717, 1.165) is 11.3 Å². The van der Waals surface area contributed by atoms with Crippen molar-refractivity contribution in [2.24, 2.45) is 0 Å². The number of benzene rings is 1. The molecule has 0 radical (unpaired) electrons. The second-order valence-electron chi connectivity index (χ2n) is 7.03. The van der Waals surface area contributed by atoms with Crippen molar-refractivity contribution in [3.63, 3.8) is 0 Å². The van der Waals surface area contributed by atoms with E-state index in [1.165, 1.54) is 0 Å². The van der Waals surface area contributed by atoms with Gasteiger partial charge in [0.05, 0.1) is 19.4 Å².